The number of nitrogens with one attached hydrogen (secondary N) is 1. The molecule has 1 aromatic carbocycles. The molecule has 2 rings (SSSR count). The Labute approximate surface area is 141 Å². The fraction of sp³-hybridized carbons (Fsp3) is 0.444. The number of benzene rings is 1. The monoisotopic (exact) mass is 333 g/mol. The molecule has 0 saturated heterocycles. The van der Waals surface area contributed by atoms with Crippen molar-refractivity contribution in [2.45, 2.75) is 33.7 Å². The maximum Gasteiger partial charge on any atom is 0.245 e. The number of carbonyl (C=O) groups is 1. The third-order valence-corrected chi connectivity index (χ3v) is 3.69. The van der Waals surface area contributed by atoms with Gasteiger partial charge < -0.3 is 10.1 Å². The van der Waals surface area contributed by atoms with E-state index >= 15 is 0 Å². The Balaban J connectivity index is 1.89. The smallest absolute Gasteiger partial charge is 0.245 e. The molecule has 1 amide bonds. The highest BCUT2D eigenvalue weighted by Crippen LogP contribution is 2.20. The zero-order chi connectivity index (χ0) is 17.7. The molecule has 0 aliphatic carbocycles. The van der Waals surface area contributed by atoms with Crippen molar-refractivity contribution in [1.82, 2.24) is 15.1 Å². The molecule has 6 heteroatoms. The van der Waals surface area contributed by atoms with Gasteiger partial charge in [0, 0.05) is 5.69 Å². The lowest BCUT2D eigenvalue weighted by Gasteiger charge is -2.22. The van der Waals surface area contributed by atoms with E-state index in [9.17, 15) is 9.18 Å². The molecule has 0 saturated carbocycles. The van der Waals surface area contributed by atoms with Crippen molar-refractivity contribution in [2.75, 3.05) is 13.2 Å². The number of nitrogens with zero attached hydrogens (tertiary/aromatic N) is 2. The van der Waals surface area contributed by atoms with Gasteiger partial charge in [-0.15, -0.1) is 0 Å². The lowest BCUT2D eigenvalue weighted by molar-refractivity contribution is -0.126. The number of carbonyl (C=O) groups excluding carboxylic acids is 1. The Hall–Kier alpha value is -2.37. The summed E-state index contributed by atoms with van der Waals surface area (Å²) in [4.78, 5) is 12.5. The number of hydrogen-bond donors (Lipinski definition) is 1. The fourth-order valence-electron chi connectivity index (χ4n) is 2.60. The van der Waals surface area contributed by atoms with Crippen molar-refractivity contribution in [1.29, 1.82) is 0 Å². The maximum atomic E-state index is 12.8. The Morgan fingerprint density at radius 3 is 2.50 bits per heavy atom. The molecule has 0 aliphatic rings. The number of amides is 1. The van der Waals surface area contributed by atoms with Gasteiger partial charge in [-0.1, -0.05) is 13.8 Å². The highest BCUT2D eigenvalue weighted by atomic mass is 19.1. The van der Waals surface area contributed by atoms with Crippen LogP contribution >= 0.6 is 0 Å². The molecule has 0 unspecified atom stereocenters. The largest absolute Gasteiger partial charge is 0.492 e. The second-order valence-electron chi connectivity index (χ2n) is 6.15. The van der Waals surface area contributed by atoms with Crippen LogP contribution < -0.4 is 10.1 Å². The van der Waals surface area contributed by atoms with Gasteiger partial charge in [0.25, 0.3) is 0 Å². The summed E-state index contributed by atoms with van der Waals surface area (Å²) in [7, 11) is 0. The molecule has 2 aromatic rings. The zero-order valence-electron chi connectivity index (χ0n) is 14.5. The topological polar surface area (TPSA) is 56.2 Å². The first kappa shape index (κ1) is 18.0. The Bertz CT molecular complexity index is 680. The SMILES string of the molecule is Cc1cc(C)n([C@H](C(=O)NCCOc2ccc(F)cc2)C(C)C)n1. The van der Waals surface area contributed by atoms with E-state index < -0.39 is 0 Å². The third-order valence-electron chi connectivity index (χ3n) is 3.69. The van der Waals surface area contributed by atoms with Gasteiger partial charge in [0.1, 0.15) is 24.2 Å². The second kappa shape index (κ2) is 7.95. The summed E-state index contributed by atoms with van der Waals surface area (Å²) < 4.78 is 20.1. The van der Waals surface area contributed by atoms with Crippen LogP contribution in [0.3, 0.4) is 0 Å². The minimum Gasteiger partial charge on any atom is -0.492 e. The summed E-state index contributed by atoms with van der Waals surface area (Å²) in [5.74, 6) is 0.296. The van der Waals surface area contributed by atoms with E-state index in [4.69, 9.17) is 4.74 Å². The van der Waals surface area contributed by atoms with Crippen LogP contribution in [0.4, 0.5) is 4.39 Å². The molecule has 0 fully saturated rings. The molecule has 1 heterocycles. The average Bonchev–Trinajstić information content (AvgIpc) is 2.84. The molecule has 24 heavy (non-hydrogen) atoms. The molecule has 130 valence electrons. The van der Waals surface area contributed by atoms with Gasteiger partial charge in [0.15, 0.2) is 0 Å². The lowest BCUT2D eigenvalue weighted by Crippen LogP contribution is -2.38. The summed E-state index contributed by atoms with van der Waals surface area (Å²) in [5.41, 5.74) is 1.86. The number of halogens is 1. The van der Waals surface area contributed by atoms with Crippen molar-refractivity contribution in [3.63, 3.8) is 0 Å². The number of rotatable bonds is 7. The number of aryl methyl sites for hydroxylation is 2. The molecule has 1 aromatic heterocycles. The van der Waals surface area contributed by atoms with E-state index in [1.807, 2.05) is 33.8 Å². The first-order chi connectivity index (χ1) is 11.4. The minimum absolute atomic E-state index is 0.0843. The molecule has 0 aliphatic heterocycles. The van der Waals surface area contributed by atoms with Crippen molar-refractivity contribution in [3.8, 4) is 5.75 Å². The average molecular weight is 333 g/mol. The Kier molecular flexibility index (Phi) is 5.95. The number of hydrogen-bond acceptors (Lipinski definition) is 3. The summed E-state index contributed by atoms with van der Waals surface area (Å²) >= 11 is 0. The van der Waals surface area contributed by atoms with Gasteiger partial charge in [0.2, 0.25) is 5.91 Å². The first-order valence-electron chi connectivity index (χ1n) is 8.07. The van der Waals surface area contributed by atoms with Crippen LogP contribution in [0, 0.1) is 25.6 Å². The van der Waals surface area contributed by atoms with E-state index in [1.54, 1.807) is 16.8 Å². The van der Waals surface area contributed by atoms with E-state index in [2.05, 4.69) is 10.4 Å². The van der Waals surface area contributed by atoms with Crippen molar-refractivity contribution in [2.24, 2.45) is 5.92 Å². The van der Waals surface area contributed by atoms with Gasteiger partial charge in [-0.2, -0.15) is 5.10 Å². The molecule has 1 atom stereocenters. The van der Waals surface area contributed by atoms with Crippen LogP contribution in [-0.4, -0.2) is 28.8 Å². The molecule has 0 radical (unpaired) electrons. The maximum absolute atomic E-state index is 12.8. The van der Waals surface area contributed by atoms with E-state index in [-0.39, 0.29) is 23.7 Å². The zero-order valence-corrected chi connectivity index (χ0v) is 14.5. The summed E-state index contributed by atoms with van der Waals surface area (Å²) in [6.07, 6.45) is 0. The summed E-state index contributed by atoms with van der Waals surface area (Å²) in [6.45, 7) is 8.54. The highest BCUT2D eigenvalue weighted by molar-refractivity contribution is 5.80. The van der Waals surface area contributed by atoms with Gasteiger partial charge in [-0.05, 0) is 50.1 Å². The molecule has 0 spiro atoms. The third kappa shape index (κ3) is 4.57. The predicted octanol–water partition coefficient (Wildman–Crippen LogP) is 3.03. The van der Waals surface area contributed by atoms with E-state index in [1.165, 1.54) is 12.1 Å². The number of ether oxygens (including phenoxy) is 1. The quantitative estimate of drug-likeness (QED) is 0.793. The van der Waals surface area contributed by atoms with Crippen LogP contribution in [0.15, 0.2) is 30.3 Å². The second-order valence-corrected chi connectivity index (χ2v) is 6.15. The van der Waals surface area contributed by atoms with E-state index in [0.29, 0.717) is 18.9 Å². The Morgan fingerprint density at radius 1 is 1.29 bits per heavy atom. The summed E-state index contributed by atoms with van der Waals surface area (Å²) in [6, 6.07) is 7.40. The van der Waals surface area contributed by atoms with E-state index in [0.717, 1.165) is 11.4 Å². The minimum atomic E-state index is -0.357. The summed E-state index contributed by atoms with van der Waals surface area (Å²) in [5, 5.41) is 7.31. The molecule has 5 nitrogen and oxygen atoms in total. The fourth-order valence-corrected chi connectivity index (χ4v) is 2.60. The van der Waals surface area contributed by atoms with Gasteiger partial charge in [-0.25, -0.2) is 4.39 Å². The molecule has 0 bridgehead atoms. The standard InChI is InChI=1S/C18H24FN3O2/c1-12(2)17(22-14(4)11-13(3)21-22)18(23)20-9-10-24-16-7-5-15(19)6-8-16/h5-8,11-12,17H,9-10H2,1-4H3,(H,20,23)/t17-/m0/s1. The van der Waals surface area contributed by atoms with Crippen LogP contribution in [0.1, 0.15) is 31.3 Å². The molecule has 1 N–H and O–H groups in total. The van der Waals surface area contributed by atoms with Gasteiger partial charge in [-0.3, -0.25) is 9.48 Å². The van der Waals surface area contributed by atoms with Gasteiger partial charge >= 0.3 is 0 Å². The Morgan fingerprint density at radius 2 is 1.96 bits per heavy atom. The van der Waals surface area contributed by atoms with Crippen LogP contribution in [0.2, 0.25) is 0 Å². The normalized spacial score (nSPS) is 12.2. The van der Waals surface area contributed by atoms with Crippen LogP contribution in [0.25, 0.3) is 0 Å². The first-order valence-corrected chi connectivity index (χ1v) is 8.07. The number of aromatic nitrogens is 2. The lowest BCUT2D eigenvalue weighted by atomic mass is 10.0. The molecular weight excluding hydrogens is 309 g/mol. The predicted molar refractivity (Wildman–Crippen MR) is 90.5 cm³/mol. The van der Waals surface area contributed by atoms with Crippen molar-refractivity contribution >= 4 is 5.91 Å². The van der Waals surface area contributed by atoms with Crippen molar-refractivity contribution in [3.05, 3.63) is 47.5 Å². The molecular formula is C18H24FN3O2. The van der Waals surface area contributed by atoms with Crippen LogP contribution in [-0.2, 0) is 4.79 Å². The van der Waals surface area contributed by atoms with Crippen LogP contribution in [0.5, 0.6) is 5.75 Å². The highest BCUT2D eigenvalue weighted by Gasteiger charge is 2.26. The van der Waals surface area contributed by atoms with Gasteiger partial charge in [0.05, 0.1) is 12.2 Å². The van der Waals surface area contributed by atoms with Crippen molar-refractivity contribution < 1.29 is 13.9 Å².